The fourth-order valence-corrected chi connectivity index (χ4v) is 2.63. The second kappa shape index (κ2) is 8.82. The number of aromatic nitrogens is 4. The maximum Gasteiger partial charge on any atom is 0.405 e. The molecule has 3 rings (SSSR count). The number of benzene rings is 2. The first-order chi connectivity index (χ1) is 13.8. The Kier molecular flexibility index (Phi) is 6.23. The lowest BCUT2D eigenvalue weighted by molar-refractivity contribution is -0.123. The number of amides is 1. The predicted octanol–water partition coefficient (Wildman–Crippen LogP) is 2.72. The molecule has 0 saturated carbocycles. The third-order valence-corrected chi connectivity index (χ3v) is 3.97. The Hall–Kier alpha value is -3.27. The molecule has 0 saturated heterocycles. The molecular weight excluding hydrogens is 385 g/mol. The van der Waals surface area contributed by atoms with Gasteiger partial charge in [0.15, 0.2) is 0 Å². The first-order valence-corrected chi connectivity index (χ1v) is 8.76. The zero-order valence-corrected chi connectivity index (χ0v) is 15.6. The van der Waals surface area contributed by atoms with Crippen molar-refractivity contribution in [3.05, 3.63) is 65.7 Å². The van der Waals surface area contributed by atoms with E-state index in [1.165, 1.54) is 16.9 Å². The summed E-state index contributed by atoms with van der Waals surface area (Å²) in [4.78, 5) is 15.2. The molecule has 3 aromatic rings. The number of carbonyl (C=O) groups is 1. The van der Waals surface area contributed by atoms with Gasteiger partial charge in [0.05, 0.1) is 0 Å². The molecule has 0 spiro atoms. The average molecular weight is 404 g/mol. The van der Waals surface area contributed by atoms with E-state index >= 15 is 0 Å². The summed E-state index contributed by atoms with van der Waals surface area (Å²) in [5, 5.41) is 14.3. The lowest BCUT2D eigenvalue weighted by Gasteiger charge is -2.15. The van der Waals surface area contributed by atoms with Gasteiger partial charge in [0, 0.05) is 17.7 Å². The molecule has 0 fully saturated rings. The third kappa shape index (κ3) is 6.11. The maximum atomic E-state index is 12.2. The number of nitrogens with one attached hydrogen (secondary N) is 1. The van der Waals surface area contributed by atoms with E-state index < -0.39 is 18.6 Å². The van der Waals surface area contributed by atoms with Crippen molar-refractivity contribution in [2.75, 3.05) is 13.6 Å². The molecule has 0 unspecified atom stereocenters. The van der Waals surface area contributed by atoms with E-state index in [-0.39, 0.29) is 5.56 Å². The third-order valence-electron chi connectivity index (χ3n) is 3.97. The molecule has 0 radical (unpaired) electrons. The number of nitrogens with zero attached hydrogens (tertiary/aromatic N) is 5. The average Bonchev–Trinajstić information content (AvgIpc) is 3.15. The highest BCUT2D eigenvalue weighted by Gasteiger charge is 2.27. The normalized spacial score (nSPS) is 11.6. The number of halogens is 3. The second-order valence-corrected chi connectivity index (χ2v) is 6.50. The van der Waals surface area contributed by atoms with E-state index in [4.69, 9.17) is 0 Å². The summed E-state index contributed by atoms with van der Waals surface area (Å²) in [5.74, 6) is -0.226. The van der Waals surface area contributed by atoms with E-state index in [0.29, 0.717) is 19.0 Å². The van der Waals surface area contributed by atoms with Crippen LogP contribution in [0.3, 0.4) is 0 Å². The van der Waals surface area contributed by atoms with Gasteiger partial charge in [0.25, 0.3) is 5.91 Å². The molecule has 7 nitrogen and oxygen atoms in total. The van der Waals surface area contributed by atoms with Crippen LogP contribution in [0, 0.1) is 0 Å². The molecule has 0 atom stereocenters. The summed E-state index contributed by atoms with van der Waals surface area (Å²) in [5.41, 5.74) is 1.94. The largest absolute Gasteiger partial charge is 0.405 e. The monoisotopic (exact) mass is 404 g/mol. The summed E-state index contributed by atoms with van der Waals surface area (Å²) < 4.78 is 36.5. The Morgan fingerprint density at radius 2 is 1.79 bits per heavy atom. The standard InChI is InChI=1S/C19H19F3N6O/c1-27(13-28-25-17(24-26-28)15-5-3-2-4-6-15)11-14-7-9-16(10-8-14)18(29)23-12-19(20,21)22/h2-10H,11-13H2,1H3,(H,23,29). The fraction of sp³-hybridized carbons (Fsp3) is 0.263. The minimum Gasteiger partial charge on any atom is -0.343 e. The minimum atomic E-state index is -4.44. The lowest BCUT2D eigenvalue weighted by atomic mass is 10.1. The van der Waals surface area contributed by atoms with Crippen LogP contribution in [0.1, 0.15) is 15.9 Å². The van der Waals surface area contributed by atoms with E-state index in [2.05, 4.69) is 15.4 Å². The van der Waals surface area contributed by atoms with Crippen molar-refractivity contribution in [1.82, 2.24) is 30.4 Å². The summed E-state index contributed by atoms with van der Waals surface area (Å²) in [6.07, 6.45) is -4.44. The minimum absolute atomic E-state index is 0.172. The summed E-state index contributed by atoms with van der Waals surface area (Å²) >= 11 is 0. The van der Waals surface area contributed by atoms with Crippen LogP contribution in [0.25, 0.3) is 11.4 Å². The van der Waals surface area contributed by atoms with Crippen molar-refractivity contribution in [1.29, 1.82) is 0 Å². The first-order valence-electron chi connectivity index (χ1n) is 8.76. The van der Waals surface area contributed by atoms with Gasteiger partial charge in [-0.25, -0.2) is 0 Å². The van der Waals surface area contributed by atoms with Gasteiger partial charge >= 0.3 is 6.18 Å². The molecule has 2 aromatic carbocycles. The Morgan fingerprint density at radius 3 is 2.45 bits per heavy atom. The molecule has 0 bridgehead atoms. The van der Waals surface area contributed by atoms with Crippen molar-refractivity contribution in [3.8, 4) is 11.4 Å². The van der Waals surface area contributed by atoms with Crippen molar-refractivity contribution >= 4 is 5.91 Å². The highest BCUT2D eigenvalue weighted by Crippen LogP contribution is 2.14. The zero-order chi connectivity index (χ0) is 20.9. The molecule has 0 aliphatic heterocycles. The number of carbonyl (C=O) groups excluding carboxylic acids is 1. The number of tetrazole rings is 1. The highest BCUT2D eigenvalue weighted by molar-refractivity contribution is 5.94. The quantitative estimate of drug-likeness (QED) is 0.655. The van der Waals surface area contributed by atoms with E-state index in [1.54, 1.807) is 12.1 Å². The van der Waals surface area contributed by atoms with Crippen LogP contribution in [0.5, 0.6) is 0 Å². The number of rotatable bonds is 7. The van der Waals surface area contributed by atoms with Gasteiger partial charge in [-0.05, 0) is 30.0 Å². The highest BCUT2D eigenvalue weighted by atomic mass is 19.4. The van der Waals surface area contributed by atoms with Gasteiger partial charge in [0.1, 0.15) is 13.2 Å². The van der Waals surface area contributed by atoms with E-state index in [1.807, 2.05) is 47.6 Å². The summed E-state index contributed by atoms with van der Waals surface area (Å²) in [6, 6.07) is 15.9. The second-order valence-electron chi connectivity index (χ2n) is 6.50. The Bertz CT molecular complexity index is 941. The summed E-state index contributed by atoms with van der Waals surface area (Å²) in [7, 11) is 1.87. The Balaban J connectivity index is 1.54. The van der Waals surface area contributed by atoms with E-state index in [0.717, 1.165) is 11.1 Å². The maximum absolute atomic E-state index is 12.2. The summed E-state index contributed by atoms with van der Waals surface area (Å²) in [6.45, 7) is -0.424. The van der Waals surface area contributed by atoms with Crippen molar-refractivity contribution in [2.24, 2.45) is 0 Å². The van der Waals surface area contributed by atoms with Gasteiger partial charge in [-0.2, -0.15) is 13.2 Å². The Labute approximate surface area is 165 Å². The lowest BCUT2D eigenvalue weighted by Crippen LogP contribution is -2.33. The molecule has 1 amide bonds. The fourth-order valence-electron chi connectivity index (χ4n) is 2.63. The Morgan fingerprint density at radius 1 is 1.10 bits per heavy atom. The number of hydrogen-bond acceptors (Lipinski definition) is 5. The molecule has 152 valence electrons. The van der Waals surface area contributed by atoms with Gasteiger partial charge in [0.2, 0.25) is 5.82 Å². The van der Waals surface area contributed by atoms with Crippen LogP contribution in [0.2, 0.25) is 0 Å². The van der Waals surface area contributed by atoms with Crippen LogP contribution < -0.4 is 5.32 Å². The van der Waals surface area contributed by atoms with Crippen LogP contribution in [0.15, 0.2) is 54.6 Å². The molecule has 10 heteroatoms. The van der Waals surface area contributed by atoms with Crippen LogP contribution in [-0.4, -0.2) is 50.8 Å². The predicted molar refractivity (Wildman–Crippen MR) is 99.6 cm³/mol. The van der Waals surface area contributed by atoms with Gasteiger partial charge < -0.3 is 5.32 Å². The van der Waals surface area contributed by atoms with Crippen LogP contribution in [-0.2, 0) is 13.2 Å². The van der Waals surface area contributed by atoms with Crippen molar-refractivity contribution in [3.63, 3.8) is 0 Å². The molecule has 1 aromatic heterocycles. The van der Waals surface area contributed by atoms with E-state index in [9.17, 15) is 18.0 Å². The smallest absolute Gasteiger partial charge is 0.343 e. The first kappa shape index (κ1) is 20.5. The topological polar surface area (TPSA) is 75.9 Å². The zero-order valence-electron chi connectivity index (χ0n) is 15.6. The number of hydrogen-bond donors (Lipinski definition) is 1. The molecule has 0 aliphatic carbocycles. The molecule has 29 heavy (non-hydrogen) atoms. The molecule has 1 heterocycles. The van der Waals surface area contributed by atoms with Gasteiger partial charge in [-0.1, -0.05) is 42.5 Å². The van der Waals surface area contributed by atoms with Crippen molar-refractivity contribution in [2.45, 2.75) is 19.4 Å². The number of alkyl halides is 3. The van der Waals surface area contributed by atoms with Crippen LogP contribution >= 0.6 is 0 Å². The van der Waals surface area contributed by atoms with Crippen molar-refractivity contribution < 1.29 is 18.0 Å². The molecule has 1 N–H and O–H groups in total. The SMILES string of the molecule is CN(Cc1ccc(C(=O)NCC(F)(F)F)cc1)Cn1nnc(-c2ccccc2)n1. The van der Waals surface area contributed by atoms with Crippen LogP contribution in [0.4, 0.5) is 13.2 Å². The van der Waals surface area contributed by atoms with Gasteiger partial charge in [-0.15, -0.1) is 15.0 Å². The molecular formula is C19H19F3N6O. The molecule has 0 aliphatic rings. The van der Waals surface area contributed by atoms with Gasteiger partial charge in [-0.3, -0.25) is 9.69 Å².